The molecule has 0 saturated carbocycles. The zero-order valence-electron chi connectivity index (χ0n) is 12.4. The third-order valence-electron chi connectivity index (χ3n) is 3.44. The molecule has 112 valence electrons. The van der Waals surface area contributed by atoms with Gasteiger partial charge in [0.2, 0.25) is 0 Å². The van der Waals surface area contributed by atoms with Crippen LogP contribution in [0.25, 0.3) is 0 Å². The molecule has 3 rings (SSSR count). The summed E-state index contributed by atoms with van der Waals surface area (Å²) in [7, 11) is 0. The molecule has 3 aromatic carbocycles. The predicted molar refractivity (Wildman–Crippen MR) is 88.0 cm³/mol. The van der Waals surface area contributed by atoms with Crippen LogP contribution in [0.15, 0.2) is 72.8 Å². The normalized spacial score (nSPS) is 10.0. The van der Waals surface area contributed by atoms with Crippen molar-refractivity contribution in [2.45, 2.75) is 6.42 Å². The van der Waals surface area contributed by atoms with Gasteiger partial charge in [0.25, 0.3) is 0 Å². The van der Waals surface area contributed by atoms with Gasteiger partial charge >= 0.3 is 0 Å². The van der Waals surface area contributed by atoms with Crippen LogP contribution in [0.3, 0.4) is 0 Å². The lowest BCUT2D eigenvalue weighted by atomic mass is 10.0. The summed E-state index contributed by atoms with van der Waals surface area (Å²) in [5.74, 6) is 5.61. The summed E-state index contributed by atoms with van der Waals surface area (Å²) < 4.78 is 25.8. The van der Waals surface area contributed by atoms with Gasteiger partial charge in [0.15, 0.2) is 0 Å². The fraction of sp³-hybridized carbons (Fsp3) is 0.0476. The lowest BCUT2D eigenvalue weighted by Gasteiger charge is -2.02. The summed E-state index contributed by atoms with van der Waals surface area (Å²) in [6.45, 7) is 0. The van der Waals surface area contributed by atoms with E-state index in [1.165, 1.54) is 24.3 Å². The van der Waals surface area contributed by atoms with Gasteiger partial charge in [-0.05, 0) is 66.1 Å². The molecule has 3 aromatic rings. The van der Waals surface area contributed by atoms with Gasteiger partial charge in [0.05, 0.1) is 0 Å². The first-order chi connectivity index (χ1) is 11.2. The number of hydrogen-bond acceptors (Lipinski definition) is 0. The molecule has 0 amide bonds. The molecule has 0 aliphatic rings. The fourth-order valence-electron chi connectivity index (χ4n) is 2.27. The molecule has 0 atom stereocenters. The zero-order chi connectivity index (χ0) is 16.1. The molecule has 0 aliphatic carbocycles. The van der Waals surface area contributed by atoms with Crippen LogP contribution in [0, 0.1) is 23.5 Å². The summed E-state index contributed by atoms with van der Waals surface area (Å²) in [6, 6.07) is 20.5. The minimum atomic E-state index is -0.267. The smallest absolute Gasteiger partial charge is 0.123 e. The second kappa shape index (κ2) is 6.89. The van der Waals surface area contributed by atoms with Crippen LogP contribution >= 0.6 is 0 Å². The van der Waals surface area contributed by atoms with Crippen molar-refractivity contribution >= 4 is 0 Å². The maximum Gasteiger partial charge on any atom is 0.123 e. The molecule has 0 heterocycles. The molecule has 0 aliphatic heterocycles. The number of benzene rings is 3. The third-order valence-corrected chi connectivity index (χ3v) is 3.44. The van der Waals surface area contributed by atoms with Gasteiger partial charge in [0.1, 0.15) is 11.6 Å². The summed E-state index contributed by atoms with van der Waals surface area (Å²) in [5.41, 5.74) is 3.84. The minimum absolute atomic E-state index is 0.229. The highest BCUT2D eigenvalue weighted by molar-refractivity contribution is 5.44. The first-order valence-electron chi connectivity index (χ1n) is 7.30. The van der Waals surface area contributed by atoms with Crippen LogP contribution in [-0.4, -0.2) is 0 Å². The molecule has 0 nitrogen and oxygen atoms in total. The number of halogens is 2. The average Bonchev–Trinajstić information content (AvgIpc) is 2.57. The SMILES string of the molecule is Fc1ccc(C#Cc2cccc(Cc3ccc(F)cc3)c2)cc1. The Hall–Kier alpha value is -2.92. The summed E-state index contributed by atoms with van der Waals surface area (Å²) in [6.07, 6.45) is 0.729. The quantitative estimate of drug-likeness (QED) is 0.587. The molecule has 0 aromatic heterocycles. The Kier molecular flexibility index (Phi) is 4.49. The molecule has 0 fully saturated rings. The highest BCUT2D eigenvalue weighted by Crippen LogP contribution is 2.12. The van der Waals surface area contributed by atoms with Gasteiger partial charge in [0, 0.05) is 11.1 Å². The second-order valence-electron chi connectivity index (χ2n) is 5.26. The van der Waals surface area contributed by atoms with Crippen molar-refractivity contribution in [1.29, 1.82) is 0 Å². The maximum atomic E-state index is 12.9. The molecule has 2 heteroatoms. The van der Waals surface area contributed by atoms with Gasteiger partial charge in [-0.15, -0.1) is 0 Å². The number of hydrogen-bond donors (Lipinski definition) is 0. The van der Waals surface area contributed by atoms with Crippen LogP contribution in [0.1, 0.15) is 22.3 Å². The van der Waals surface area contributed by atoms with E-state index in [4.69, 9.17) is 0 Å². The molecule has 0 N–H and O–H groups in total. The lowest BCUT2D eigenvalue weighted by molar-refractivity contribution is 0.627. The van der Waals surface area contributed by atoms with Crippen molar-refractivity contribution in [2.24, 2.45) is 0 Å². The number of rotatable bonds is 2. The molecule has 0 spiro atoms. The molecular weight excluding hydrogens is 290 g/mol. The van der Waals surface area contributed by atoms with Crippen LogP contribution in [0.2, 0.25) is 0 Å². The molecule has 0 unspecified atom stereocenters. The maximum absolute atomic E-state index is 12.9. The molecule has 23 heavy (non-hydrogen) atoms. The van der Waals surface area contributed by atoms with E-state index in [-0.39, 0.29) is 11.6 Å². The second-order valence-corrected chi connectivity index (χ2v) is 5.26. The van der Waals surface area contributed by atoms with E-state index in [0.717, 1.165) is 28.7 Å². The predicted octanol–water partition coefficient (Wildman–Crippen LogP) is 4.96. The Bertz CT molecular complexity index is 851. The monoisotopic (exact) mass is 304 g/mol. The van der Waals surface area contributed by atoms with Crippen molar-refractivity contribution in [1.82, 2.24) is 0 Å². The third kappa shape index (κ3) is 4.28. The Morgan fingerprint density at radius 2 is 1.22 bits per heavy atom. The topological polar surface area (TPSA) is 0 Å². The first kappa shape index (κ1) is 15.0. The zero-order valence-corrected chi connectivity index (χ0v) is 12.4. The van der Waals surface area contributed by atoms with Gasteiger partial charge in [-0.3, -0.25) is 0 Å². The Balaban J connectivity index is 1.77. The highest BCUT2D eigenvalue weighted by Gasteiger charge is 1.98. The van der Waals surface area contributed by atoms with Crippen LogP contribution in [-0.2, 0) is 6.42 Å². The standard InChI is InChI=1S/C21H14F2/c22-20-10-6-16(7-11-20)4-5-17-2-1-3-19(14-17)15-18-8-12-21(23)13-9-18/h1-3,6-14H,15H2. The van der Waals surface area contributed by atoms with E-state index in [1.807, 2.05) is 24.3 Å². The van der Waals surface area contributed by atoms with Crippen molar-refractivity contribution in [3.63, 3.8) is 0 Å². The fourth-order valence-corrected chi connectivity index (χ4v) is 2.27. The highest BCUT2D eigenvalue weighted by atomic mass is 19.1. The van der Waals surface area contributed by atoms with E-state index in [2.05, 4.69) is 11.8 Å². The van der Waals surface area contributed by atoms with E-state index in [9.17, 15) is 8.78 Å². The lowest BCUT2D eigenvalue weighted by Crippen LogP contribution is -1.89. The van der Waals surface area contributed by atoms with Gasteiger partial charge in [-0.1, -0.05) is 36.1 Å². The van der Waals surface area contributed by atoms with Gasteiger partial charge < -0.3 is 0 Å². The van der Waals surface area contributed by atoms with Crippen LogP contribution < -0.4 is 0 Å². The summed E-state index contributed by atoms with van der Waals surface area (Å²) >= 11 is 0. The molecular formula is C21H14F2. The Morgan fingerprint density at radius 1 is 0.609 bits per heavy atom. The Labute approximate surface area is 134 Å². The first-order valence-corrected chi connectivity index (χ1v) is 7.30. The Morgan fingerprint density at radius 3 is 1.91 bits per heavy atom. The van der Waals surface area contributed by atoms with Crippen molar-refractivity contribution in [3.8, 4) is 11.8 Å². The van der Waals surface area contributed by atoms with Gasteiger partial charge in [-0.2, -0.15) is 0 Å². The summed E-state index contributed by atoms with van der Waals surface area (Å²) in [5, 5.41) is 0. The van der Waals surface area contributed by atoms with Crippen molar-refractivity contribution < 1.29 is 8.78 Å². The van der Waals surface area contributed by atoms with E-state index in [1.54, 1.807) is 24.3 Å². The van der Waals surface area contributed by atoms with E-state index in [0.29, 0.717) is 0 Å². The van der Waals surface area contributed by atoms with Crippen molar-refractivity contribution in [3.05, 3.63) is 107 Å². The molecule has 0 saturated heterocycles. The molecule has 0 radical (unpaired) electrons. The molecule has 0 bridgehead atoms. The largest absolute Gasteiger partial charge is 0.207 e. The average molecular weight is 304 g/mol. The summed E-state index contributed by atoms with van der Waals surface area (Å²) in [4.78, 5) is 0. The minimum Gasteiger partial charge on any atom is -0.207 e. The van der Waals surface area contributed by atoms with Crippen LogP contribution in [0.4, 0.5) is 8.78 Å². The van der Waals surface area contributed by atoms with Crippen molar-refractivity contribution in [2.75, 3.05) is 0 Å². The van der Waals surface area contributed by atoms with Gasteiger partial charge in [-0.25, -0.2) is 8.78 Å². The van der Waals surface area contributed by atoms with Crippen LogP contribution in [0.5, 0.6) is 0 Å². The van der Waals surface area contributed by atoms with E-state index < -0.39 is 0 Å². The van der Waals surface area contributed by atoms with E-state index >= 15 is 0 Å².